The fourth-order valence-corrected chi connectivity index (χ4v) is 17.1. The molecule has 35 heteroatoms. The summed E-state index contributed by atoms with van der Waals surface area (Å²) in [6.45, 7) is 30.2. The molecule has 0 aromatic rings. The standard InChI is InChI=1S/C98H182O35/c1-15-29-43-106-57-64-78-71(99)85(113-50-36-22-8)92(120-64)128-79-65(58-107-44-30-16-2)122-94(87(72(79)100)115-52-38-24-10)130-81-67(60-109-46-32-18-4)124-96(89(74(81)102)117-54-40-26-12)132-83-69(62-111-48-34-20-6)126-98(91(76(83)104)119-56-42-28-14)133-84-70(63-112-49-35-21-7)125-97(90(77(84)105)118-55-41-27-13)131-82-68(61-110-47-33-19-5)123-95(88(75(82)103)116-53-39-25-11)129-80-66(59-108-45-31-17-3)121-93(127-78)86(73(80)101)114-51-37-23-9/h64-105H,15-63H2,1-14H3. The van der Waals surface area contributed by atoms with Crippen molar-refractivity contribution < 1.29 is 168 Å². The fourth-order valence-electron chi connectivity index (χ4n) is 17.1. The van der Waals surface area contributed by atoms with Crippen LogP contribution in [0, 0.1) is 0 Å². The summed E-state index contributed by atoms with van der Waals surface area (Å²) in [6, 6.07) is 0. The second-order valence-corrected chi connectivity index (χ2v) is 36.8. The van der Waals surface area contributed by atoms with Crippen molar-refractivity contribution in [3.63, 3.8) is 0 Å². The minimum Gasteiger partial charge on any atom is -0.387 e. The molecular formula is C98H182O35. The lowest BCUT2D eigenvalue weighted by Gasteiger charge is -2.51. The molecule has 21 rings (SSSR count). The number of rotatable bonds is 63. The predicted molar refractivity (Wildman–Crippen MR) is 489 cm³/mol. The molecule has 0 spiro atoms. The highest BCUT2D eigenvalue weighted by Gasteiger charge is 2.62. The van der Waals surface area contributed by atoms with E-state index in [2.05, 4.69) is 0 Å². The van der Waals surface area contributed by atoms with Gasteiger partial charge in [0.05, 0.1) is 46.2 Å². The smallest absolute Gasteiger partial charge is 0.187 e. The molecule has 0 radical (unpaired) electrons. The zero-order chi connectivity index (χ0) is 95.7. The molecule has 0 saturated carbocycles. The summed E-state index contributed by atoms with van der Waals surface area (Å²) in [5.41, 5.74) is 0. The van der Waals surface area contributed by atoms with Crippen molar-refractivity contribution in [1.82, 2.24) is 0 Å². The molecule has 0 aliphatic carbocycles. The Labute approximate surface area is 795 Å². The van der Waals surface area contributed by atoms with Gasteiger partial charge in [-0.2, -0.15) is 0 Å². The Balaban J connectivity index is 1.37. The van der Waals surface area contributed by atoms with Crippen molar-refractivity contribution in [1.29, 1.82) is 0 Å². The van der Waals surface area contributed by atoms with Crippen molar-refractivity contribution in [2.75, 3.05) is 139 Å². The third-order valence-electron chi connectivity index (χ3n) is 25.5. The van der Waals surface area contributed by atoms with Crippen LogP contribution >= 0.6 is 0 Å². The lowest BCUT2D eigenvalue weighted by atomic mass is 9.94. The SMILES string of the molecule is CCCCOCC1OC2OC3C(COCCCC)OC(OC4C(COCCCC)OC(OC5C(COCCCC)OC(OC6C(COCCCC)OC(OC7C(COCCCC)OC(OC8C(COCCCC)OC(OC1C(O)C2OCCCC)C(OCCCC)C8O)C(OCCCC)C7O)C(OCCCC)C6O)C(OCCCC)C5O)C(OCCCC)C4O)C(OCCCC)C3O. The van der Waals surface area contributed by atoms with Crippen LogP contribution in [0.1, 0.15) is 277 Å². The van der Waals surface area contributed by atoms with Gasteiger partial charge in [0.2, 0.25) is 0 Å². The first kappa shape index (κ1) is 117. The molecule has 21 fully saturated rings. The van der Waals surface area contributed by atoms with Crippen LogP contribution in [0.4, 0.5) is 0 Å². The van der Waals surface area contributed by atoms with Crippen molar-refractivity contribution in [2.24, 2.45) is 0 Å². The Hall–Kier alpha value is -1.40. The topological polar surface area (TPSA) is 400 Å². The molecule has 35 atom stereocenters. The average Bonchev–Trinajstić information content (AvgIpc) is 0.877. The minimum atomic E-state index is -1.63. The number of ether oxygens (including phenoxy) is 28. The summed E-state index contributed by atoms with van der Waals surface area (Å²) in [4.78, 5) is 0. The molecule has 21 heterocycles. The highest BCUT2D eigenvalue weighted by atomic mass is 16.8. The van der Waals surface area contributed by atoms with Gasteiger partial charge in [0.1, 0.15) is 171 Å². The molecule has 35 unspecified atom stereocenters. The third-order valence-corrected chi connectivity index (χ3v) is 25.5. The summed E-state index contributed by atoms with van der Waals surface area (Å²) >= 11 is 0. The Morgan fingerprint density at radius 3 is 0.361 bits per heavy atom. The van der Waals surface area contributed by atoms with E-state index in [0.29, 0.717) is 181 Å². The van der Waals surface area contributed by atoms with Gasteiger partial charge < -0.3 is 168 Å². The van der Waals surface area contributed by atoms with Gasteiger partial charge in [0.15, 0.2) is 44.0 Å². The second kappa shape index (κ2) is 67.3. The molecule has 133 heavy (non-hydrogen) atoms. The minimum absolute atomic E-state index is 0.118. The average molecular weight is 1920 g/mol. The summed E-state index contributed by atoms with van der Waals surface area (Å²) in [5, 5.41) is 94.8. The zero-order valence-corrected chi connectivity index (χ0v) is 83.4. The molecule has 7 N–H and O–H groups in total. The van der Waals surface area contributed by atoms with Crippen LogP contribution in [0.15, 0.2) is 0 Å². The van der Waals surface area contributed by atoms with Gasteiger partial charge in [-0.15, -0.1) is 0 Å². The van der Waals surface area contributed by atoms with Gasteiger partial charge in [-0.1, -0.05) is 187 Å². The Bertz CT molecular complexity index is 2320. The largest absolute Gasteiger partial charge is 0.387 e. The van der Waals surface area contributed by atoms with Gasteiger partial charge in [0, 0.05) is 92.5 Å². The number of aliphatic hydroxyl groups is 7. The van der Waals surface area contributed by atoms with Crippen molar-refractivity contribution in [2.45, 2.75) is 492 Å². The first-order valence-electron chi connectivity index (χ1n) is 52.2. The fraction of sp³-hybridized carbons (Fsp3) is 1.00. The Morgan fingerprint density at radius 1 is 0.150 bits per heavy atom. The number of hydrogen-bond donors (Lipinski definition) is 7. The van der Waals surface area contributed by atoms with Gasteiger partial charge in [-0.3, -0.25) is 0 Å². The molecule has 21 aliphatic rings. The molecule has 784 valence electrons. The summed E-state index contributed by atoms with van der Waals surface area (Å²) in [6.07, 6.45) is -30.5. The Kier molecular flexibility index (Phi) is 59.1. The van der Waals surface area contributed by atoms with Crippen LogP contribution in [0.2, 0.25) is 0 Å². The van der Waals surface area contributed by atoms with E-state index in [-0.39, 0.29) is 92.5 Å². The van der Waals surface area contributed by atoms with Crippen LogP contribution in [-0.2, 0) is 133 Å². The number of aliphatic hydroxyl groups excluding tert-OH is 7. The molecular weight excluding hydrogens is 1740 g/mol. The molecule has 0 aromatic carbocycles. The van der Waals surface area contributed by atoms with Crippen LogP contribution in [0.3, 0.4) is 0 Å². The zero-order valence-electron chi connectivity index (χ0n) is 83.4. The third kappa shape index (κ3) is 36.4. The monoisotopic (exact) mass is 1920 g/mol. The van der Waals surface area contributed by atoms with E-state index < -0.39 is 215 Å². The van der Waals surface area contributed by atoms with Gasteiger partial charge in [-0.25, -0.2) is 0 Å². The van der Waals surface area contributed by atoms with E-state index in [1.807, 2.05) is 96.9 Å². The molecule has 35 nitrogen and oxygen atoms in total. The Morgan fingerprint density at radius 2 is 0.256 bits per heavy atom. The molecule has 0 amide bonds. The summed E-state index contributed by atoms with van der Waals surface area (Å²) in [7, 11) is 0. The van der Waals surface area contributed by atoms with E-state index >= 15 is 0 Å². The highest BCUT2D eigenvalue weighted by molar-refractivity contribution is 5.04. The molecule has 21 aliphatic heterocycles. The maximum atomic E-state index is 13.5. The summed E-state index contributed by atoms with van der Waals surface area (Å²) < 4.78 is 194. The van der Waals surface area contributed by atoms with E-state index in [1.54, 1.807) is 0 Å². The lowest BCUT2D eigenvalue weighted by molar-refractivity contribution is -0.403. The molecule has 0 aromatic heterocycles. The van der Waals surface area contributed by atoms with Crippen molar-refractivity contribution in [3.8, 4) is 0 Å². The van der Waals surface area contributed by atoms with E-state index in [0.717, 1.165) is 44.9 Å². The van der Waals surface area contributed by atoms with Gasteiger partial charge in [-0.05, 0) is 89.9 Å². The van der Waals surface area contributed by atoms with E-state index in [4.69, 9.17) is 133 Å². The van der Waals surface area contributed by atoms with Gasteiger partial charge in [0.25, 0.3) is 0 Å². The van der Waals surface area contributed by atoms with E-state index in [1.165, 1.54) is 0 Å². The maximum absolute atomic E-state index is 13.5. The first-order valence-corrected chi connectivity index (χ1v) is 52.2. The van der Waals surface area contributed by atoms with Crippen LogP contribution in [-0.4, -0.2) is 389 Å². The number of hydrogen-bond acceptors (Lipinski definition) is 35. The number of unbranched alkanes of at least 4 members (excludes halogenated alkanes) is 14. The predicted octanol–water partition coefficient (Wildman–Crippen LogP) is 10.3. The highest BCUT2D eigenvalue weighted by Crippen LogP contribution is 2.43. The maximum Gasteiger partial charge on any atom is 0.187 e. The quantitative estimate of drug-likeness (QED) is 0.0278. The van der Waals surface area contributed by atoms with Crippen LogP contribution in [0.5, 0.6) is 0 Å². The van der Waals surface area contributed by atoms with Crippen LogP contribution < -0.4 is 0 Å². The summed E-state index contributed by atoms with van der Waals surface area (Å²) in [5.74, 6) is 0. The van der Waals surface area contributed by atoms with Crippen molar-refractivity contribution in [3.05, 3.63) is 0 Å². The first-order chi connectivity index (χ1) is 64.9. The van der Waals surface area contributed by atoms with Crippen LogP contribution in [0.25, 0.3) is 0 Å². The molecule has 14 bridgehead atoms. The van der Waals surface area contributed by atoms with Crippen molar-refractivity contribution >= 4 is 0 Å². The normalized spacial score (nSPS) is 37.1. The second-order valence-electron chi connectivity index (χ2n) is 36.8. The van der Waals surface area contributed by atoms with E-state index in [9.17, 15) is 35.7 Å². The lowest BCUT2D eigenvalue weighted by Crippen LogP contribution is -2.69. The molecule has 21 saturated heterocycles. The van der Waals surface area contributed by atoms with Gasteiger partial charge >= 0.3 is 0 Å².